The van der Waals surface area contributed by atoms with Crippen LogP contribution in [0.25, 0.3) is 0 Å². The number of pyridine rings is 1. The highest BCUT2D eigenvalue weighted by molar-refractivity contribution is 5.94. The van der Waals surface area contributed by atoms with E-state index in [9.17, 15) is 27.9 Å². The molecule has 0 radical (unpaired) electrons. The fraction of sp³-hybridized carbons (Fsp3) is 0.500. The lowest BCUT2D eigenvalue weighted by molar-refractivity contribution is -0.149. The highest BCUT2D eigenvalue weighted by Crippen LogP contribution is 2.27. The summed E-state index contributed by atoms with van der Waals surface area (Å²) in [6.45, 7) is 3.29. The van der Waals surface area contributed by atoms with Crippen LogP contribution in [0.2, 0.25) is 0 Å². The van der Waals surface area contributed by atoms with Crippen LogP contribution in [-0.4, -0.2) is 28.5 Å². The number of carboxylic acids is 1. The molecule has 8 heteroatoms. The molecule has 2 N–H and O–H groups in total. The largest absolute Gasteiger partial charge is 0.481 e. The first-order valence-electron chi connectivity index (χ1n) is 6.71. The summed E-state index contributed by atoms with van der Waals surface area (Å²) in [7, 11) is 0. The summed E-state index contributed by atoms with van der Waals surface area (Å²) in [6, 6.07) is 1.71. The molecule has 0 aromatic carbocycles. The van der Waals surface area contributed by atoms with E-state index >= 15 is 0 Å². The van der Waals surface area contributed by atoms with E-state index in [4.69, 9.17) is 0 Å². The minimum atomic E-state index is -4.57. The van der Waals surface area contributed by atoms with E-state index < -0.39 is 29.2 Å². The smallest absolute Gasteiger partial charge is 0.433 e. The molecule has 0 saturated carbocycles. The number of alkyl halides is 3. The number of carbonyl (C=O) groups is 2. The second kappa shape index (κ2) is 6.76. The van der Waals surface area contributed by atoms with Crippen LogP contribution in [0.4, 0.5) is 13.2 Å². The van der Waals surface area contributed by atoms with Gasteiger partial charge in [0.05, 0.1) is 11.0 Å². The average Bonchev–Trinajstić information content (AvgIpc) is 2.47. The van der Waals surface area contributed by atoms with E-state index in [2.05, 4.69) is 10.3 Å². The van der Waals surface area contributed by atoms with Crippen LogP contribution < -0.4 is 5.32 Å². The lowest BCUT2D eigenvalue weighted by Crippen LogP contribution is -2.42. The van der Waals surface area contributed by atoms with Gasteiger partial charge in [-0.3, -0.25) is 14.6 Å². The molecule has 1 aromatic heterocycles. The Morgan fingerprint density at radius 1 is 1.23 bits per heavy atom. The number of rotatable bonds is 6. The Bertz CT molecular complexity index is 537. The quantitative estimate of drug-likeness (QED) is 0.845. The van der Waals surface area contributed by atoms with Crippen molar-refractivity contribution in [3.05, 3.63) is 29.6 Å². The van der Waals surface area contributed by atoms with Crippen LogP contribution in [0.3, 0.4) is 0 Å². The van der Waals surface area contributed by atoms with Gasteiger partial charge in [-0.1, -0.05) is 13.8 Å². The van der Waals surface area contributed by atoms with Crippen molar-refractivity contribution in [2.75, 3.05) is 6.54 Å². The Kier molecular flexibility index (Phi) is 5.51. The third kappa shape index (κ3) is 3.96. The zero-order valence-electron chi connectivity index (χ0n) is 12.2. The van der Waals surface area contributed by atoms with Gasteiger partial charge in [0.1, 0.15) is 5.69 Å². The van der Waals surface area contributed by atoms with Gasteiger partial charge in [-0.05, 0) is 25.0 Å². The highest BCUT2D eigenvalue weighted by atomic mass is 19.4. The standard InChI is InChI=1S/C14H17F3N2O3/c1-3-13(4-2,12(21)22)8-19-11(20)9-5-6-10(18-7-9)14(15,16)17/h5-7H,3-4,8H2,1-2H3,(H,19,20)(H,21,22). The summed E-state index contributed by atoms with van der Waals surface area (Å²) in [4.78, 5) is 26.4. The number of carboxylic acid groups (broad SMARTS) is 1. The Balaban J connectivity index is 2.79. The van der Waals surface area contributed by atoms with E-state index in [0.29, 0.717) is 18.9 Å². The zero-order chi connectivity index (χ0) is 17.0. The van der Waals surface area contributed by atoms with Gasteiger partial charge in [0.15, 0.2) is 0 Å². The van der Waals surface area contributed by atoms with E-state index in [1.165, 1.54) is 0 Å². The zero-order valence-corrected chi connectivity index (χ0v) is 12.2. The molecular formula is C14H17F3N2O3. The maximum Gasteiger partial charge on any atom is 0.433 e. The number of hydrogen-bond acceptors (Lipinski definition) is 3. The van der Waals surface area contributed by atoms with Gasteiger partial charge in [0.25, 0.3) is 5.91 Å². The van der Waals surface area contributed by atoms with E-state index in [1.54, 1.807) is 13.8 Å². The van der Waals surface area contributed by atoms with Crippen molar-refractivity contribution in [2.24, 2.45) is 5.41 Å². The van der Waals surface area contributed by atoms with Gasteiger partial charge in [0, 0.05) is 12.7 Å². The second-order valence-electron chi connectivity index (χ2n) is 4.91. The van der Waals surface area contributed by atoms with Crippen molar-refractivity contribution in [3.63, 3.8) is 0 Å². The van der Waals surface area contributed by atoms with Crippen LogP contribution >= 0.6 is 0 Å². The number of nitrogens with zero attached hydrogens (tertiary/aromatic N) is 1. The topological polar surface area (TPSA) is 79.3 Å². The van der Waals surface area contributed by atoms with Crippen LogP contribution in [0.1, 0.15) is 42.7 Å². The summed E-state index contributed by atoms with van der Waals surface area (Å²) >= 11 is 0. The number of carbonyl (C=O) groups excluding carboxylic acids is 1. The molecule has 0 unspecified atom stereocenters. The lowest BCUT2D eigenvalue weighted by Gasteiger charge is -2.26. The number of halogens is 3. The Morgan fingerprint density at radius 3 is 2.18 bits per heavy atom. The molecule has 122 valence electrons. The van der Waals surface area contributed by atoms with Crippen molar-refractivity contribution in [1.82, 2.24) is 10.3 Å². The SMILES string of the molecule is CCC(CC)(CNC(=O)c1ccc(C(F)(F)F)nc1)C(=O)O. The molecule has 5 nitrogen and oxygen atoms in total. The van der Waals surface area contributed by atoms with Crippen molar-refractivity contribution >= 4 is 11.9 Å². The summed E-state index contributed by atoms with van der Waals surface area (Å²) in [6.07, 6.45) is -3.11. The Hall–Kier alpha value is -2.12. The number of amides is 1. The normalized spacial score (nSPS) is 12.0. The molecule has 1 rings (SSSR count). The van der Waals surface area contributed by atoms with Gasteiger partial charge in [-0.2, -0.15) is 13.2 Å². The molecular weight excluding hydrogens is 301 g/mol. The molecule has 0 fully saturated rings. The van der Waals surface area contributed by atoms with E-state index in [1.807, 2.05) is 0 Å². The molecule has 0 aliphatic rings. The molecule has 1 aromatic rings. The first kappa shape index (κ1) is 17.9. The van der Waals surface area contributed by atoms with Crippen molar-refractivity contribution < 1.29 is 27.9 Å². The first-order chi connectivity index (χ1) is 10.2. The molecule has 1 heterocycles. The minimum Gasteiger partial charge on any atom is -0.481 e. The average molecular weight is 318 g/mol. The maximum absolute atomic E-state index is 12.4. The molecule has 0 spiro atoms. The van der Waals surface area contributed by atoms with Crippen molar-refractivity contribution in [2.45, 2.75) is 32.9 Å². The predicted octanol–water partition coefficient (Wildman–Crippen LogP) is 2.72. The van der Waals surface area contributed by atoms with Gasteiger partial charge < -0.3 is 10.4 Å². The third-order valence-electron chi connectivity index (χ3n) is 3.71. The molecule has 0 atom stereocenters. The van der Waals surface area contributed by atoms with Crippen LogP contribution in [0.15, 0.2) is 18.3 Å². The molecule has 0 bridgehead atoms. The van der Waals surface area contributed by atoms with Crippen LogP contribution in [-0.2, 0) is 11.0 Å². The first-order valence-corrected chi connectivity index (χ1v) is 6.71. The van der Waals surface area contributed by atoms with Crippen LogP contribution in [0.5, 0.6) is 0 Å². The molecule has 0 saturated heterocycles. The maximum atomic E-state index is 12.4. The fourth-order valence-electron chi connectivity index (χ4n) is 1.93. The number of hydrogen-bond donors (Lipinski definition) is 2. The fourth-order valence-corrected chi connectivity index (χ4v) is 1.93. The molecule has 0 aliphatic carbocycles. The number of aromatic nitrogens is 1. The minimum absolute atomic E-state index is 0.0560. The number of aliphatic carboxylic acids is 1. The highest BCUT2D eigenvalue weighted by Gasteiger charge is 2.35. The Morgan fingerprint density at radius 2 is 1.82 bits per heavy atom. The lowest BCUT2D eigenvalue weighted by atomic mass is 9.82. The third-order valence-corrected chi connectivity index (χ3v) is 3.71. The summed E-state index contributed by atoms with van der Waals surface area (Å²) in [5, 5.41) is 11.7. The molecule has 0 aliphatic heterocycles. The van der Waals surface area contributed by atoms with Gasteiger partial charge in [-0.25, -0.2) is 0 Å². The summed E-state index contributed by atoms with van der Waals surface area (Å²) < 4.78 is 37.1. The van der Waals surface area contributed by atoms with Crippen molar-refractivity contribution in [1.29, 1.82) is 0 Å². The van der Waals surface area contributed by atoms with Gasteiger partial charge >= 0.3 is 12.1 Å². The predicted molar refractivity (Wildman–Crippen MR) is 72.2 cm³/mol. The second-order valence-corrected chi connectivity index (χ2v) is 4.91. The number of nitrogens with one attached hydrogen (secondary N) is 1. The summed E-state index contributed by atoms with van der Waals surface area (Å²) in [5.74, 6) is -1.68. The monoisotopic (exact) mass is 318 g/mol. The molecule has 1 amide bonds. The van der Waals surface area contributed by atoms with Gasteiger partial charge in [0.2, 0.25) is 0 Å². The van der Waals surface area contributed by atoms with Crippen molar-refractivity contribution in [3.8, 4) is 0 Å². The van der Waals surface area contributed by atoms with E-state index in [0.717, 1.165) is 12.3 Å². The Labute approximate surface area is 125 Å². The van der Waals surface area contributed by atoms with E-state index in [-0.39, 0.29) is 12.1 Å². The molecule has 22 heavy (non-hydrogen) atoms. The van der Waals surface area contributed by atoms with Crippen LogP contribution in [0, 0.1) is 5.41 Å². The van der Waals surface area contributed by atoms with Gasteiger partial charge in [-0.15, -0.1) is 0 Å². The summed E-state index contributed by atoms with van der Waals surface area (Å²) in [5.41, 5.74) is -2.24.